The Balaban J connectivity index is 1.55. The third kappa shape index (κ3) is 5.24. The van der Waals surface area contributed by atoms with Crippen LogP contribution in [0, 0.1) is 33.9 Å². The maximum Gasteiger partial charge on any atom is 0.123 e. The molecule has 37 heavy (non-hydrogen) atoms. The highest BCUT2D eigenvalue weighted by molar-refractivity contribution is 6.35. The largest absolute Gasteiger partial charge is 0.382 e. The Morgan fingerprint density at radius 2 is 2.00 bits per heavy atom. The number of benzene rings is 2. The Labute approximate surface area is 219 Å². The summed E-state index contributed by atoms with van der Waals surface area (Å²) in [5.74, 6) is -0.312. The zero-order valence-electron chi connectivity index (χ0n) is 20.4. The monoisotopic (exact) mass is 516 g/mol. The summed E-state index contributed by atoms with van der Waals surface area (Å²) in [4.78, 5) is 4.41. The summed E-state index contributed by atoms with van der Waals surface area (Å²) in [6.45, 7) is 3.98. The molecule has 1 aromatic heterocycles. The molecule has 0 spiro atoms. The standard InChI is InChI=1S/C27H26ClFN8/c1-27(2,14-31)15-33-24-17(11-30)12-32-26-21(24)9-19(10-22(26)28)34-25(16-3-5-18(29)6-4-16)23-13-37(36-35-23)20-7-8-20/h3-6,9-10,12-13,20,25,34-36H,7-8,15H2,1-2H3,(H,32,33). The number of nitriles is 2. The lowest BCUT2D eigenvalue weighted by atomic mass is 9.95. The molecule has 1 aliphatic carbocycles. The Kier molecular flexibility index (Phi) is 6.51. The van der Waals surface area contributed by atoms with Gasteiger partial charge in [0.25, 0.3) is 0 Å². The first-order valence-electron chi connectivity index (χ1n) is 12.0. The average Bonchev–Trinajstić information content (AvgIpc) is 3.63. The van der Waals surface area contributed by atoms with Gasteiger partial charge in [0.1, 0.15) is 11.9 Å². The van der Waals surface area contributed by atoms with Gasteiger partial charge in [0.05, 0.1) is 45.0 Å². The molecule has 0 amide bonds. The van der Waals surface area contributed by atoms with Gasteiger partial charge in [-0.25, -0.2) is 4.39 Å². The summed E-state index contributed by atoms with van der Waals surface area (Å²) in [5, 5.41) is 29.1. The second-order valence-corrected chi connectivity index (χ2v) is 10.4. The molecule has 8 nitrogen and oxygen atoms in total. The van der Waals surface area contributed by atoms with Crippen molar-refractivity contribution in [3.05, 3.63) is 76.5 Å². The molecule has 5 rings (SSSR count). The Morgan fingerprint density at radius 3 is 2.68 bits per heavy atom. The lowest BCUT2D eigenvalue weighted by Crippen LogP contribution is -2.38. The fourth-order valence-electron chi connectivity index (χ4n) is 4.17. The smallest absolute Gasteiger partial charge is 0.123 e. The van der Waals surface area contributed by atoms with Gasteiger partial charge in [-0.15, -0.1) is 5.53 Å². The van der Waals surface area contributed by atoms with Crippen LogP contribution < -0.4 is 21.6 Å². The number of hydrogen-bond acceptors (Lipinski definition) is 8. The minimum Gasteiger partial charge on any atom is -0.382 e. The summed E-state index contributed by atoms with van der Waals surface area (Å²) in [7, 11) is 0. The average molecular weight is 517 g/mol. The normalized spacial score (nSPS) is 15.9. The lowest BCUT2D eigenvalue weighted by molar-refractivity contribution is 0.260. The predicted molar refractivity (Wildman–Crippen MR) is 141 cm³/mol. The van der Waals surface area contributed by atoms with E-state index in [0.29, 0.717) is 45.5 Å². The molecule has 0 radical (unpaired) electrons. The Morgan fingerprint density at radius 1 is 1.24 bits per heavy atom. The van der Waals surface area contributed by atoms with E-state index in [1.807, 2.05) is 31.1 Å². The van der Waals surface area contributed by atoms with Crippen molar-refractivity contribution in [3.8, 4) is 12.1 Å². The minimum absolute atomic E-state index is 0.312. The molecule has 2 aromatic carbocycles. The van der Waals surface area contributed by atoms with Crippen LogP contribution in [0.15, 0.2) is 54.5 Å². The third-order valence-corrected chi connectivity index (χ3v) is 6.72. The third-order valence-electron chi connectivity index (χ3n) is 6.43. The molecule has 1 unspecified atom stereocenters. The summed E-state index contributed by atoms with van der Waals surface area (Å²) >= 11 is 6.66. The molecule has 1 aliphatic heterocycles. The van der Waals surface area contributed by atoms with Crippen LogP contribution in [0.5, 0.6) is 0 Å². The second-order valence-electron chi connectivity index (χ2n) is 9.95. The summed E-state index contributed by atoms with van der Waals surface area (Å²) in [6, 6.07) is 14.6. The van der Waals surface area contributed by atoms with Crippen molar-refractivity contribution < 1.29 is 4.39 Å². The van der Waals surface area contributed by atoms with E-state index in [1.54, 1.807) is 18.2 Å². The van der Waals surface area contributed by atoms with E-state index in [4.69, 9.17) is 11.6 Å². The molecule has 0 saturated heterocycles. The van der Waals surface area contributed by atoms with E-state index < -0.39 is 5.41 Å². The van der Waals surface area contributed by atoms with Gasteiger partial charge >= 0.3 is 0 Å². The van der Waals surface area contributed by atoms with Gasteiger partial charge < -0.3 is 16.1 Å². The van der Waals surface area contributed by atoms with Crippen molar-refractivity contribution in [2.24, 2.45) is 5.41 Å². The van der Waals surface area contributed by atoms with Gasteiger partial charge in [0.2, 0.25) is 0 Å². The fourth-order valence-corrected chi connectivity index (χ4v) is 4.44. The number of aromatic nitrogens is 1. The Hall–Kier alpha value is -4.05. The first-order valence-corrected chi connectivity index (χ1v) is 12.4. The Bertz CT molecular complexity index is 1450. The van der Waals surface area contributed by atoms with E-state index in [2.05, 4.69) is 38.7 Å². The van der Waals surface area contributed by atoms with Gasteiger partial charge in [-0.3, -0.25) is 9.99 Å². The molecule has 0 bridgehead atoms. The van der Waals surface area contributed by atoms with Crippen LogP contribution in [0.4, 0.5) is 15.8 Å². The highest BCUT2D eigenvalue weighted by Crippen LogP contribution is 2.37. The van der Waals surface area contributed by atoms with Crippen LogP contribution in [0.25, 0.3) is 10.9 Å². The number of anilines is 2. The predicted octanol–water partition coefficient (Wildman–Crippen LogP) is 5.34. The molecule has 1 saturated carbocycles. The summed E-state index contributed by atoms with van der Waals surface area (Å²) < 4.78 is 13.7. The van der Waals surface area contributed by atoms with E-state index >= 15 is 0 Å². The molecular formula is C27H26ClFN8. The number of rotatable bonds is 8. The van der Waals surface area contributed by atoms with E-state index in [1.165, 1.54) is 18.3 Å². The SMILES string of the molecule is CC(C)(C#N)CNc1c(C#N)cnc2c(Cl)cc(NC(C3=CN(C4CC4)NN3)c3ccc(F)cc3)cc12. The molecule has 1 atom stereocenters. The van der Waals surface area contributed by atoms with Gasteiger partial charge in [-0.1, -0.05) is 23.7 Å². The van der Waals surface area contributed by atoms with E-state index in [0.717, 1.165) is 24.1 Å². The first kappa shape index (κ1) is 24.6. The maximum atomic E-state index is 13.7. The first-order chi connectivity index (χ1) is 17.8. The van der Waals surface area contributed by atoms with Crippen molar-refractivity contribution in [2.45, 2.75) is 38.8 Å². The molecule has 1 fully saturated rings. The number of nitrogens with zero attached hydrogens (tertiary/aromatic N) is 4. The van der Waals surface area contributed by atoms with Crippen molar-refractivity contribution in [1.82, 2.24) is 21.0 Å². The number of nitrogens with one attached hydrogen (secondary N) is 4. The van der Waals surface area contributed by atoms with Gasteiger partial charge in [0, 0.05) is 36.1 Å². The van der Waals surface area contributed by atoms with Crippen LogP contribution in [-0.4, -0.2) is 22.6 Å². The van der Waals surface area contributed by atoms with Crippen LogP contribution in [0.1, 0.15) is 43.9 Å². The molecular weight excluding hydrogens is 491 g/mol. The molecule has 2 heterocycles. The van der Waals surface area contributed by atoms with E-state index in [9.17, 15) is 14.9 Å². The topological polar surface area (TPSA) is 112 Å². The van der Waals surface area contributed by atoms with E-state index in [-0.39, 0.29) is 11.9 Å². The molecule has 188 valence electrons. The van der Waals surface area contributed by atoms with Crippen LogP contribution in [0.2, 0.25) is 5.02 Å². The summed E-state index contributed by atoms with van der Waals surface area (Å²) in [6.07, 6.45) is 5.75. The van der Waals surface area contributed by atoms with Crippen molar-refractivity contribution in [2.75, 3.05) is 17.2 Å². The minimum atomic E-state index is -0.642. The van der Waals surface area contributed by atoms with Crippen LogP contribution in [0.3, 0.4) is 0 Å². The molecule has 3 aromatic rings. The zero-order chi connectivity index (χ0) is 26.2. The molecule has 2 aliphatic rings. The molecule has 10 heteroatoms. The lowest BCUT2D eigenvalue weighted by Gasteiger charge is -2.23. The number of hydrogen-bond donors (Lipinski definition) is 4. The van der Waals surface area contributed by atoms with Crippen molar-refractivity contribution in [1.29, 1.82) is 10.5 Å². The number of pyridine rings is 1. The molecule has 4 N–H and O–H groups in total. The van der Waals surface area contributed by atoms with Crippen LogP contribution >= 0.6 is 11.6 Å². The highest BCUT2D eigenvalue weighted by atomic mass is 35.5. The van der Waals surface area contributed by atoms with Gasteiger partial charge in [-0.2, -0.15) is 10.5 Å². The quantitative estimate of drug-likeness (QED) is 0.317. The number of fused-ring (bicyclic) bond motifs is 1. The maximum absolute atomic E-state index is 13.7. The van der Waals surface area contributed by atoms with Gasteiger partial charge in [-0.05, 0) is 56.5 Å². The van der Waals surface area contributed by atoms with Crippen LogP contribution in [-0.2, 0) is 0 Å². The number of halogens is 2. The van der Waals surface area contributed by atoms with Crippen molar-refractivity contribution >= 4 is 33.9 Å². The summed E-state index contributed by atoms with van der Waals surface area (Å²) in [5.41, 5.74) is 9.66. The fraction of sp³-hybridized carbons (Fsp3) is 0.296. The van der Waals surface area contributed by atoms with Gasteiger partial charge in [0.15, 0.2) is 0 Å². The number of hydrazine groups is 2. The van der Waals surface area contributed by atoms with Crippen molar-refractivity contribution in [3.63, 3.8) is 0 Å². The second kappa shape index (κ2) is 9.78. The zero-order valence-corrected chi connectivity index (χ0v) is 21.2. The highest BCUT2D eigenvalue weighted by Gasteiger charge is 2.32.